The van der Waals surface area contributed by atoms with Gasteiger partial charge >= 0.3 is 5.97 Å². The van der Waals surface area contributed by atoms with Crippen LogP contribution in [0.3, 0.4) is 0 Å². The zero-order chi connectivity index (χ0) is 15.5. The van der Waals surface area contributed by atoms with Crippen molar-refractivity contribution in [1.82, 2.24) is 9.88 Å². The number of benzene rings is 1. The van der Waals surface area contributed by atoms with E-state index in [1.165, 1.54) is 12.1 Å². The second-order valence-corrected chi connectivity index (χ2v) is 5.54. The van der Waals surface area contributed by atoms with E-state index in [1.807, 2.05) is 0 Å². The number of aromatic nitrogens is 1. The number of hydrogen-bond donors (Lipinski definition) is 1. The summed E-state index contributed by atoms with van der Waals surface area (Å²) in [5, 5.41) is 8.99. The quantitative estimate of drug-likeness (QED) is 0.941. The molecule has 1 aromatic heterocycles. The van der Waals surface area contributed by atoms with Crippen LogP contribution in [0.5, 0.6) is 0 Å². The van der Waals surface area contributed by atoms with E-state index in [9.17, 15) is 9.18 Å². The van der Waals surface area contributed by atoms with Gasteiger partial charge in [0.2, 0.25) is 5.89 Å². The topological polar surface area (TPSA) is 66.6 Å². The number of rotatable bonds is 4. The van der Waals surface area contributed by atoms with Crippen LogP contribution < -0.4 is 0 Å². The van der Waals surface area contributed by atoms with Gasteiger partial charge in [0.25, 0.3) is 0 Å². The van der Waals surface area contributed by atoms with Gasteiger partial charge in [-0.1, -0.05) is 6.07 Å². The highest BCUT2D eigenvalue weighted by Gasteiger charge is 2.24. The fourth-order valence-electron chi connectivity index (χ4n) is 2.70. The minimum atomic E-state index is -0.713. The minimum absolute atomic E-state index is 0.239. The Kier molecular flexibility index (Phi) is 4.20. The van der Waals surface area contributed by atoms with Gasteiger partial charge in [0.15, 0.2) is 0 Å². The highest BCUT2D eigenvalue weighted by Crippen LogP contribution is 2.22. The van der Waals surface area contributed by atoms with Crippen molar-refractivity contribution in [1.29, 1.82) is 0 Å². The van der Waals surface area contributed by atoms with Crippen molar-refractivity contribution >= 4 is 5.97 Å². The minimum Gasteiger partial charge on any atom is -0.481 e. The molecule has 0 unspecified atom stereocenters. The fourth-order valence-corrected chi connectivity index (χ4v) is 2.70. The molecular weight excluding hydrogens is 287 g/mol. The molecule has 0 amide bonds. The largest absolute Gasteiger partial charge is 0.481 e. The molecule has 6 heteroatoms. The summed E-state index contributed by atoms with van der Waals surface area (Å²) in [7, 11) is 0. The summed E-state index contributed by atoms with van der Waals surface area (Å²) in [5.74, 6) is -0.881. The van der Waals surface area contributed by atoms with Gasteiger partial charge in [0.1, 0.15) is 12.1 Å². The number of aliphatic carboxylic acids is 1. The number of piperidine rings is 1. The molecular formula is C16H17FN2O3. The monoisotopic (exact) mass is 304 g/mol. The molecule has 1 aromatic carbocycles. The molecule has 1 N–H and O–H groups in total. The molecule has 2 aromatic rings. The standard InChI is InChI=1S/C16H17FN2O3/c17-13-3-1-2-12(8-13)15-18-14(10-22-15)9-19-6-4-11(5-7-19)16(20)21/h1-3,8,10-11H,4-7,9H2,(H,20,21). The lowest BCUT2D eigenvalue weighted by Gasteiger charge is -2.29. The number of likely N-dealkylation sites (tertiary alicyclic amines) is 1. The molecule has 1 saturated heterocycles. The zero-order valence-corrected chi connectivity index (χ0v) is 12.0. The van der Waals surface area contributed by atoms with E-state index in [0.717, 1.165) is 18.8 Å². The van der Waals surface area contributed by atoms with Crippen LogP contribution in [-0.2, 0) is 11.3 Å². The lowest BCUT2D eigenvalue weighted by molar-refractivity contribution is -0.143. The van der Waals surface area contributed by atoms with E-state index in [1.54, 1.807) is 18.4 Å². The number of carboxylic acid groups (broad SMARTS) is 1. The van der Waals surface area contributed by atoms with Crippen LogP contribution in [0.25, 0.3) is 11.5 Å². The third-order valence-electron chi connectivity index (χ3n) is 3.95. The van der Waals surface area contributed by atoms with Crippen LogP contribution in [0.1, 0.15) is 18.5 Å². The molecule has 0 spiro atoms. The van der Waals surface area contributed by atoms with E-state index in [4.69, 9.17) is 9.52 Å². The Labute approximate surface area is 127 Å². The lowest BCUT2D eigenvalue weighted by atomic mass is 9.97. The van der Waals surface area contributed by atoms with Crippen LogP contribution in [0.4, 0.5) is 4.39 Å². The molecule has 0 bridgehead atoms. The van der Waals surface area contributed by atoms with Crippen molar-refractivity contribution in [2.45, 2.75) is 19.4 Å². The van der Waals surface area contributed by atoms with Gasteiger partial charge in [-0.15, -0.1) is 0 Å². The first-order valence-corrected chi connectivity index (χ1v) is 7.27. The normalized spacial score (nSPS) is 16.8. The van der Waals surface area contributed by atoms with Gasteiger partial charge in [-0.05, 0) is 44.1 Å². The molecule has 1 aliphatic rings. The fraction of sp³-hybridized carbons (Fsp3) is 0.375. The van der Waals surface area contributed by atoms with Gasteiger partial charge in [-0.3, -0.25) is 9.69 Å². The van der Waals surface area contributed by atoms with E-state index < -0.39 is 5.97 Å². The maximum absolute atomic E-state index is 13.2. The Balaban J connectivity index is 1.62. The summed E-state index contributed by atoms with van der Waals surface area (Å²) < 4.78 is 18.6. The number of hydrogen-bond acceptors (Lipinski definition) is 4. The number of oxazole rings is 1. The van der Waals surface area contributed by atoms with Crippen LogP contribution >= 0.6 is 0 Å². The average Bonchev–Trinajstić information content (AvgIpc) is 2.96. The summed E-state index contributed by atoms with van der Waals surface area (Å²) in [6.07, 6.45) is 2.89. The zero-order valence-electron chi connectivity index (χ0n) is 12.0. The van der Waals surface area contributed by atoms with Gasteiger partial charge in [0, 0.05) is 12.1 Å². The van der Waals surface area contributed by atoms with Crippen molar-refractivity contribution in [2.24, 2.45) is 5.92 Å². The second-order valence-electron chi connectivity index (χ2n) is 5.54. The molecule has 0 aliphatic carbocycles. The first-order valence-electron chi connectivity index (χ1n) is 7.27. The molecule has 0 saturated carbocycles. The molecule has 22 heavy (non-hydrogen) atoms. The van der Waals surface area contributed by atoms with Gasteiger partial charge in [-0.2, -0.15) is 0 Å². The van der Waals surface area contributed by atoms with Crippen LogP contribution in [-0.4, -0.2) is 34.0 Å². The van der Waals surface area contributed by atoms with Crippen LogP contribution in [0, 0.1) is 11.7 Å². The Morgan fingerprint density at radius 1 is 1.41 bits per heavy atom. The Hall–Kier alpha value is -2.21. The number of halogens is 1. The predicted molar refractivity (Wildman–Crippen MR) is 77.5 cm³/mol. The van der Waals surface area contributed by atoms with Gasteiger partial charge in [0.05, 0.1) is 11.6 Å². The highest BCUT2D eigenvalue weighted by molar-refractivity contribution is 5.70. The summed E-state index contributed by atoms with van der Waals surface area (Å²) in [5.41, 5.74) is 1.38. The maximum atomic E-state index is 13.2. The third-order valence-corrected chi connectivity index (χ3v) is 3.95. The summed E-state index contributed by atoms with van der Waals surface area (Å²) >= 11 is 0. The van der Waals surface area contributed by atoms with E-state index >= 15 is 0 Å². The summed E-state index contributed by atoms with van der Waals surface area (Å²) in [6.45, 7) is 2.09. The summed E-state index contributed by atoms with van der Waals surface area (Å²) in [4.78, 5) is 17.5. The van der Waals surface area contributed by atoms with Crippen molar-refractivity contribution in [3.05, 3.63) is 42.0 Å². The van der Waals surface area contributed by atoms with E-state index in [-0.39, 0.29) is 11.7 Å². The van der Waals surface area contributed by atoms with Gasteiger partial charge in [-0.25, -0.2) is 9.37 Å². The Morgan fingerprint density at radius 2 is 2.18 bits per heavy atom. The lowest BCUT2D eigenvalue weighted by Crippen LogP contribution is -2.35. The molecule has 0 radical (unpaired) electrons. The third kappa shape index (κ3) is 3.33. The van der Waals surface area contributed by atoms with Crippen LogP contribution in [0.15, 0.2) is 34.9 Å². The van der Waals surface area contributed by atoms with Crippen molar-refractivity contribution in [2.75, 3.05) is 13.1 Å². The van der Waals surface area contributed by atoms with E-state index in [2.05, 4.69) is 9.88 Å². The smallest absolute Gasteiger partial charge is 0.306 e. The molecule has 116 valence electrons. The SMILES string of the molecule is O=C(O)C1CCN(Cc2coc(-c3cccc(F)c3)n2)CC1. The van der Waals surface area contributed by atoms with Crippen molar-refractivity contribution in [3.63, 3.8) is 0 Å². The number of nitrogens with zero attached hydrogens (tertiary/aromatic N) is 2. The molecule has 2 heterocycles. The van der Waals surface area contributed by atoms with Crippen molar-refractivity contribution < 1.29 is 18.7 Å². The summed E-state index contributed by atoms with van der Waals surface area (Å²) in [6, 6.07) is 6.12. The molecule has 5 nitrogen and oxygen atoms in total. The first kappa shape index (κ1) is 14.7. The maximum Gasteiger partial charge on any atom is 0.306 e. The number of carboxylic acids is 1. The molecule has 0 atom stereocenters. The van der Waals surface area contributed by atoms with E-state index in [0.29, 0.717) is 30.8 Å². The first-order chi connectivity index (χ1) is 10.6. The van der Waals surface area contributed by atoms with Crippen LogP contribution in [0.2, 0.25) is 0 Å². The Bertz CT molecular complexity index is 663. The van der Waals surface area contributed by atoms with Gasteiger partial charge < -0.3 is 9.52 Å². The number of carbonyl (C=O) groups is 1. The average molecular weight is 304 g/mol. The molecule has 1 aliphatic heterocycles. The van der Waals surface area contributed by atoms with Crippen molar-refractivity contribution in [3.8, 4) is 11.5 Å². The predicted octanol–water partition coefficient (Wildman–Crippen LogP) is 2.78. The molecule has 1 fully saturated rings. The second kappa shape index (κ2) is 6.27. The Morgan fingerprint density at radius 3 is 2.86 bits per heavy atom. The highest BCUT2D eigenvalue weighted by atomic mass is 19.1. The molecule has 3 rings (SSSR count).